The summed E-state index contributed by atoms with van der Waals surface area (Å²) in [5.74, 6) is -1.25. The van der Waals surface area contributed by atoms with Gasteiger partial charge in [-0.25, -0.2) is 0 Å². The number of hydrogen-bond acceptors (Lipinski definition) is 9. The number of nitrogens with zero attached hydrogens (tertiary/aromatic N) is 1. The molecule has 0 aromatic heterocycles. The first-order valence-electron chi connectivity index (χ1n) is 12.7. The van der Waals surface area contributed by atoms with Crippen LogP contribution in [0.4, 0.5) is 0 Å². The summed E-state index contributed by atoms with van der Waals surface area (Å²) in [5, 5.41) is 0. The maximum atomic E-state index is 13.8. The average Bonchev–Trinajstić information content (AvgIpc) is 2.92. The molecule has 2 aliphatic rings. The van der Waals surface area contributed by atoms with E-state index in [1.807, 2.05) is 24.3 Å². The second-order valence-corrected chi connectivity index (χ2v) is 9.53. The van der Waals surface area contributed by atoms with Crippen LogP contribution in [0.5, 0.6) is 17.2 Å². The molecule has 0 saturated carbocycles. The summed E-state index contributed by atoms with van der Waals surface area (Å²) < 4.78 is 26.6. The largest absolute Gasteiger partial charge is 0.497 e. The van der Waals surface area contributed by atoms with E-state index in [2.05, 4.69) is 0 Å². The van der Waals surface area contributed by atoms with Gasteiger partial charge in [0.25, 0.3) is 0 Å². The number of ketones is 1. The molecule has 1 aliphatic carbocycles. The first-order chi connectivity index (χ1) is 18.8. The average molecular weight is 536 g/mol. The predicted molar refractivity (Wildman–Crippen MR) is 143 cm³/mol. The first kappa shape index (κ1) is 28.0. The quantitative estimate of drug-likeness (QED) is 0.264. The molecule has 0 saturated heterocycles. The van der Waals surface area contributed by atoms with Crippen molar-refractivity contribution in [2.24, 2.45) is 10.9 Å². The van der Waals surface area contributed by atoms with Crippen molar-refractivity contribution in [1.29, 1.82) is 0 Å². The smallest absolute Gasteiger partial charge is 0.315 e. The summed E-state index contributed by atoms with van der Waals surface area (Å²) in [7, 11) is 4.60. The Morgan fingerprint density at radius 3 is 2.28 bits per heavy atom. The molecule has 0 amide bonds. The van der Waals surface area contributed by atoms with Crippen LogP contribution in [0, 0.1) is 5.92 Å². The molecule has 1 aliphatic heterocycles. The van der Waals surface area contributed by atoms with Crippen LogP contribution >= 0.6 is 0 Å². The molecular formula is C30H33NO8. The van der Waals surface area contributed by atoms with Gasteiger partial charge < -0.3 is 23.7 Å². The minimum atomic E-state index is -0.814. The lowest BCUT2D eigenvalue weighted by Gasteiger charge is -2.36. The number of carbonyl (C=O) groups excluding carboxylic acids is 3. The van der Waals surface area contributed by atoms with E-state index in [0.717, 1.165) is 11.3 Å². The zero-order valence-corrected chi connectivity index (χ0v) is 22.8. The highest BCUT2D eigenvalue weighted by Gasteiger charge is 2.45. The van der Waals surface area contributed by atoms with E-state index >= 15 is 0 Å². The number of benzene rings is 2. The van der Waals surface area contributed by atoms with Crippen LogP contribution in [0.15, 0.2) is 58.7 Å². The molecule has 9 heteroatoms. The maximum absolute atomic E-state index is 13.8. The summed E-state index contributed by atoms with van der Waals surface area (Å²) in [6, 6.07) is 12.7. The lowest BCUT2D eigenvalue weighted by molar-refractivity contribution is -0.147. The Labute approximate surface area is 227 Å². The molecule has 0 N–H and O–H groups in total. The van der Waals surface area contributed by atoms with Crippen LogP contribution in [0.3, 0.4) is 0 Å². The van der Waals surface area contributed by atoms with Gasteiger partial charge in [-0.2, -0.15) is 0 Å². The number of esters is 2. The number of Topliss-reactive ketones (excluding diaryl/α,β-unsaturated/α-hetero) is 1. The number of aliphatic imine (C=N–C) groups is 1. The van der Waals surface area contributed by atoms with E-state index in [1.54, 1.807) is 32.2 Å². The summed E-state index contributed by atoms with van der Waals surface area (Å²) in [4.78, 5) is 43.5. The molecule has 1 heterocycles. The SMILES string of the molecule is COCCOC(=O)C1C(C)=NC2=C(C(=O)C[C@@H](c3ccc(OC)cc3)C2)[C@@H]1c1ccc(OC(C)=O)c(OC)c1. The molecule has 2 aromatic rings. The molecule has 3 atom stereocenters. The second kappa shape index (κ2) is 12.3. The Kier molecular flexibility index (Phi) is 8.81. The number of rotatable bonds is 9. The van der Waals surface area contributed by atoms with Gasteiger partial charge >= 0.3 is 11.9 Å². The third kappa shape index (κ3) is 6.04. The van der Waals surface area contributed by atoms with Crippen molar-refractivity contribution in [3.05, 3.63) is 64.9 Å². The highest BCUT2D eigenvalue weighted by molar-refractivity contribution is 6.09. The minimum absolute atomic E-state index is 0.0505. The van der Waals surface area contributed by atoms with E-state index in [4.69, 9.17) is 28.7 Å². The van der Waals surface area contributed by atoms with Gasteiger partial charge in [-0.1, -0.05) is 18.2 Å². The minimum Gasteiger partial charge on any atom is -0.497 e. The van der Waals surface area contributed by atoms with Crippen molar-refractivity contribution >= 4 is 23.4 Å². The highest BCUT2D eigenvalue weighted by atomic mass is 16.6. The van der Waals surface area contributed by atoms with E-state index in [0.29, 0.717) is 34.7 Å². The maximum Gasteiger partial charge on any atom is 0.315 e. The van der Waals surface area contributed by atoms with Crippen LogP contribution < -0.4 is 14.2 Å². The van der Waals surface area contributed by atoms with E-state index in [9.17, 15) is 14.4 Å². The van der Waals surface area contributed by atoms with Gasteiger partial charge in [-0.05, 0) is 54.7 Å². The fourth-order valence-corrected chi connectivity index (χ4v) is 5.27. The van der Waals surface area contributed by atoms with Gasteiger partial charge in [-0.3, -0.25) is 19.4 Å². The normalized spacial score (nSPS) is 20.6. The van der Waals surface area contributed by atoms with Crippen molar-refractivity contribution < 1.29 is 38.1 Å². The van der Waals surface area contributed by atoms with E-state index in [-0.39, 0.29) is 37.1 Å². The van der Waals surface area contributed by atoms with E-state index < -0.39 is 23.8 Å². The fraction of sp³-hybridized carbons (Fsp3) is 0.400. The molecule has 0 radical (unpaired) electrons. The van der Waals surface area contributed by atoms with Crippen LogP contribution in [0.25, 0.3) is 0 Å². The van der Waals surface area contributed by atoms with Crippen LogP contribution in [-0.2, 0) is 23.9 Å². The standard InChI is InChI=1S/C30H33NO8/c1-17-27(30(34)38-13-12-35-3)28(20-8-11-25(39-18(2)32)26(16-20)37-5)29-23(31-17)14-21(15-24(29)33)19-6-9-22(36-4)10-7-19/h6-11,16,21,27-28H,12-15H2,1-5H3/t21-,27?,28+/m0/s1. The van der Waals surface area contributed by atoms with Crippen LogP contribution in [-0.4, -0.2) is 58.0 Å². The van der Waals surface area contributed by atoms with Crippen molar-refractivity contribution in [2.45, 2.75) is 38.5 Å². The molecular weight excluding hydrogens is 502 g/mol. The lowest BCUT2D eigenvalue weighted by Crippen LogP contribution is -2.38. The topological polar surface area (TPSA) is 110 Å². The molecule has 1 unspecified atom stereocenters. The molecule has 206 valence electrons. The molecule has 0 spiro atoms. The molecule has 0 fully saturated rings. The fourth-order valence-electron chi connectivity index (χ4n) is 5.27. The van der Waals surface area contributed by atoms with Gasteiger partial charge in [0, 0.05) is 43.4 Å². The van der Waals surface area contributed by atoms with Gasteiger partial charge in [0.2, 0.25) is 0 Å². The zero-order valence-electron chi connectivity index (χ0n) is 22.8. The van der Waals surface area contributed by atoms with Crippen LogP contribution in [0.1, 0.15) is 49.7 Å². The van der Waals surface area contributed by atoms with Crippen molar-refractivity contribution in [3.63, 3.8) is 0 Å². The molecule has 39 heavy (non-hydrogen) atoms. The Balaban J connectivity index is 1.77. The molecule has 2 aromatic carbocycles. The van der Waals surface area contributed by atoms with Crippen molar-refractivity contribution in [2.75, 3.05) is 34.5 Å². The third-order valence-corrected chi connectivity index (χ3v) is 7.06. The summed E-state index contributed by atoms with van der Waals surface area (Å²) in [6.45, 7) is 3.42. The third-order valence-electron chi connectivity index (χ3n) is 7.06. The Morgan fingerprint density at radius 2 is 1.64 bits per heavy atom. The zero-order chi connectivity index (χ0) is 28.1. The molecule has 9 nitrogen and oxygen atoms in total. The number of methoxy groups -OCH3 is 3. The summed E-state index contributed by atoms with van der Waals surface area (Å²) in [6.07, 6.45) is 0.833. The number of ether oxygens (including phenoxy) is 5. The van der Waals surface area contributed by atoms with Gasteiger partial charge in [0.05, 0.1) is 20.8 Å². The monoisotopic (exact) mass is 535 g/mol. The van der Waals surface area contributed by atoms with Gasteiger partial charge in [0.1, 0.15) is 18.3 Å². The van der Waals surface area contributed by atoms with E-state index in [1.165, 1.54) is 21.1 Å². The second-order valence-electron chi connectivity index (χ2n) is 9.53. The Bertz CT molecular complexity index is 1310. The summed E-state index contributed by atoms with van der Waals surface area (Å²) in [5.41, 5.74) is 3.41. The first-order valence-corrected chi connectivity index (χ1v) is 12.7. The molecule has 0 bridgehead atoms. The number of allylic oxidation sites excluding steroid dienone is 2. The van der Waals surface area contributed by atoms with Crippen molar-refractivity contribution in [1.82, 2.24) is 0 Å². The van der Waals surface area contributed by atoms with Gasteiger partial charge in [0.15, 0.2) is 17.3 Å². The number of carbonyl (C=O) groups is 3. The lowest BCUT2D eigenvalue weighted by atomic mass is 9.69. The number of hydrogen-bond donors (Lipinski definition) is 0. The highest BCUT2D eigenvalue weighted by Crippen LogP contribution is 2.48. The summed E-state index contributed by atoms with van der Waals surface area (Å²) >= 11 is 0. The Morgan fingerprint density at radius 1 is 0.923 bits per heavy atom. The molecule has 4 rings (SSSR count). The van der Waals surface area contributed by atoms with Crippen LogP contribution in [0.2, 0.25) is 0 Å². The Hall–Kier alpha value is -3.98. The van der Waals surface area contributed by atoms with Gasteiger partial charge in [-0.15, -0.1) is 0 Å². The van der Waals surface area contributed by atoms with Crippen molar-refractivity contribution in [3.8, 4) is 17.2 Å². The predicted octanol–water partition coefficient (Wildman–Crippen LogP) is 4.39.